The molecule has 0 fully saturated rings. The fourth-order valence-electron chi connectivity index (χ4n) is 1.72. The van der Waals surface area contributed by atoms with E-state index < -0.39 is 12.7 Å². The number of hydrogen-bond acceptors (Lipinski definition) is 3. The van der Waals surface area contributed by atoms with Crippen LogP contribution < -0.4 is 15.8 Å². The van der Waals surface area contributed by atoms with Crippen molar-refractivity contribution < 1.29 is 18.3 Å². The first-order valence-corrected chi connectivity index (χ1v) is 7.06. The minimum absolute atomic E-state index is 0.0510. The van der Waals surface area contributed by atoms with E-state index in [1.165, 1.54) is 12.1 Å². The third-order valence-electron chi connectivity index (χ3n) is 2.68. The van der Waals surface area contributed by atoms with Crippen molar-refractivity contribution in [1.29, 1.82) is 0 Å². The second-order valence-corrected chi connectivity index (χ2v) is 5.21. The second-order valence-electron chi connectivity index (χ2n) is 4.37. The molecule has 0 aromatic heterocycles. The Morgan fingerprint density at radius 3 is 2.67 bits per heavy atom. The second kappa shape index (κ2) is 8.36. The highest BCUT2D eigenvalue weighted by Crippen LogP contribution is 2.33. The number of nitrogens with two attached hydrogens (primary N) is 1. The number of benzene rings is 1. The number of nitrogens with one attached hydrogen (secondary N) is 1. The van der Waals surface area contributed by atoms with Crippen LogP contribution in [-0.4, -0.2) is 18.6 Å². The molecule has 1 aromatic rings. The summed E-state index contributed by atoms with van der Waals surface area (Å²) < 4.78 is 29.1. The molecule has 8 heteroatoms. The molecule has 1 aromatic carbocycles. The lowest BCUT2D eigenvalue weighted by molar-refractivity contribution is -0.122. The molecule has 1 rings (SSSR count). The van der Waals surface area contributed by atoms with Gasteiger partial charge in [0.15, 0.2) is 0 Å². The zero-order valence-corrected chi connectivity index (χ0v) is 12.8. The molecule has 1 amide bonds. The number of carbonyl (C=O) groups excluding carboxylic acids is 1. The molecule has 0 saturated heterocycles. The number of alkyl halides is 2. The summed E-state index contributed by atoms with van der Waals surface area (Å²) in [5.41, 5.74) is 5.91. The van der Waals surface area contributed by atoms with Crippen molar-refractivity contribution in [3.05, 3.63) is 27.7 Å². The van der Waals surface area contributed by atoms with Crippen LogP contribution in [0.3, 0.4) is 0 Å². The Labute approximate surface area is 131 Å². The number of ether oxygens (including phenoxy) is 1. The Kier molecular flexibility index (Phi) is 7.14. The molecule has 0 aliphatic carbocycles. The van der Waals surface area contributed by atoms with Gasteiger partial charge >= 0.3 is 6.61 Å². The van der Waals surface area contributed by atoms with E-state index >= 15 is 0 Å². The first kappa shape index (κ1) is 17.9. The minimum atomic E-state index is -3.03. The Bertz CT molecular complexity index is 501. The Morgan fingerprint density at radius 2 is 2.10 bits per heavy atom. The normalized spacial score (nSPS) is 12.3. The molecule has 0 aliphatic rings. The van der Waals surface area contributed by atoms with Gasteiger partial charge in [-0.3, -0.25) is 4.79 Å². The smallest absolute Gasteiger partial charge is 0.387 e. The molecule has 1 unspecified atom stereocenters. The first-order chi connectivity index (χ1) is 9.85. The predicted molar refractivity (Wildman–Crippen MR) is 77.8 cm³/mol. The maximum Gasteiger partial charge on any atom is 0.387 e. The van der Waals surface area contributed by atoms with Gasteiger partial charge in [0.1, 0.15) is 5.75 Å². The van der Waals surface area contributed by atoms with E-state index in [-0.39, 0.29) is 33.8 Å². The summed E-state index contributed by atoms with van der Waals surface area (Å²) in [4.78, 5) is 11.7. The van der Waals surface area contributed by atoms with Crippen LogP contribution in [0.2, 0.25) is 10.0 Å². The standard InChI is InChI=1S/C13H16Cl2F2N2O2/c1-2-3-10(18)12(20)19-6-7-4-8(14)5-9(15)11(7)21-13(16)17/h4-5,10,13H,2-3,6,18H2,1H3,(H,19,20). The van der Waals surface area contributed by atoms with Gasteiger partial charge < -0.3 is 15.8 Å². The predicted octanol–water partition coefficient (Wildman–Crippen LogP) is 3.34. The maximum absolute atomic E-state index is 12.4. The summed E-state index contributed by atoms with van der Waals surface area (Å²) >= 11 is 11.6. The molecular weight excluding hydrogens is 325 g/mol. The van der Waals surface area contributed by atoms with Crippen molar-refractivity contribution in [1.82, 2.24) is 5.32 Å². The summed E-state index contributed by atoms with van der Waals surface area (Å²) in [5, 5.41) is 2.75. The highest BCUT2D eigenvalue weighted by molar-refractivity contribution is 6.35. The van der Waals surface area contributed by atoms with E-state index in [1.54, 1.807) is 0 Å². The van der Waals surface area contributed by atoms with Gasteiger partial charge in [-0.25, -0.2) is 0 Å². The number of rotatable bonds is 7. The van der Waals surface area contributed by atoms with Crippen molar-refractivity contribution in [3.63, 3.8) is 0 Å². The Hall–Kier alpha value is -1.11. The first-order valence-electron chi connectivity index (χ1n) is 6.31. The number of carbonyl (C=O) groups is 1. The van der Waals surface area contributed by atoms with Gasteiger partial charge in [-0.05, 0) is 18.6 Å². The van der Waals surface area contributed by atoms with E-state index in [0.29, 0.717) is 6.42 Å². The van der Waals surface area contributed by atoms with Crippen LogP contribution in [0.1, 0.15) is 25.3 Å². The summed E-state index contributed by atoms with van der Waals surface area (Å²) in [5.74, 6) is -0.587. The molecule has 0 heterocycles. The topological polar surface area (TPSA) is 64.4 Å². The fourth-order valence-corrected chi connectivity index (χ4v) is 2.30. The van der Waals surface area contributed by atoms with Crippen LogP contribution in [0.25, 0.3) is 0 Å². The van der Waals surface area contributed by atoms with E-state index in [4.69, 9.17) is 28.9 Å². The summed E-state index contributed by atoms with van der Waals surface area (Å²) in [7, 11) is 0. The van der Waals surface area contributed by atoms with E-state index in [2.05, 4.69) is 10.1 Å². The maximum atomic E-state index is 12.4. The summed E-state index contributed by atoms with van der Waals surface area (Å²) in [6.45, 7) is -1.18. The third kappa shape index (κ3) is 5.65. The van der Waals surface area contributed by atoms with Gasteiger partial charge in [-0.15, -0.1) is 0 Å². The molecule has 0 saturated carbocycles. The van der Waals surface area contributed by atoms with Crippen LogP contribution in [0, 0.1) is 0 Å². The van der Waals surface area contributed by atoms with Gasteiger partial charge in [0.05, 0.1) is 11.1 Å². The lowest BCUT2D eigenvalue weighted by Gasteiger charge is -2.15. The minimum Gasteiger partial charge on any atom is -0.433 e. The molecule has 3 N–H and O–H groups in total. The number of amides is 1. The van der Waals surface area contributed by atoms with Crippen LogP contribution in [-0.2, 0) is 11.3 Å². The molecule has 0 aliphatic heterocycles. The summed E-state index contributed by atoms with van der Waals surface area (Å²) in [6, 6.07) is 2.04. The zero-order chi connectivity index (χ0) is 16.0. The van der Waals surface area contributed by atoms with Crippen LogP contribution in [0.5, 0.6) is 5.75 Å². The SMILES string of the molecule is CCCC(N)C(=O)NCc1cc(Cl)cc(Cl)c1OC(F)F. The van der Waals surface area contributed by atoms with E-state index in [1.807, 2.05) is 6.92 Å². The van der Waals surface area contributed by atoms with Crippen molar-refractivity contribution in [3.8, 4) is 5.75 Å². The van der Waals surface area contributed by atoms with E-state index in [9.17, 15) is 13.6 Å². The lowest BCUT2D eigenvalue weighted by atomic mass is 10.1. The van der Waals surface area contributed by atoms with Crippen LogP contribution in [0.15, 0.2) is 12.1 Å². The highest BCUT2D eigenvalue weighted by Gasteiger charge is 2.17. The molecule has 1 atom stereocenters. The summed E-state index contributed by atoms with van der Waals surface area (Å²) in [6.07, 6.45) is 1.29. The zero-order valence-electron chi connectivity index (χ0n) is 11.3. The van der Waals surface area contributed by atoms with Crippen molar-refractivity contribution >= 4 is 29.1 Å². The Morgan fingerprint density at radius 1 is 1.43 bits per heavy atom. The monoisotopic (exact) mass is 340 g/mol. The molecule has 4 nitrogen and oxygen atoms in total. The average molecular weight is 341 g/mol. The lowest BCUT2D eigenvalue weighted by Crippen LogP contribution is -2.40. The third-order valence-corrected chi connectivity index (χ3v) is 3.18. The fraction of sp³-hybridized carbons (Fsp3) is 0.462. The van der Waals surface area contributed by atoms with Crippen molar-refractivity contribution in [2.75, 3.05) is 0 Å². The Balaban J connectivity index is 2.84. The van der Waals surface area contributed by atoms with Crippen molar-refractivity contribution in [2.24, 2.45) is 5.73 Å². The quantitative estimate of drug-likeness (QED) is 0.800. The molecule has 0 bridgehead atoms. The number of halogens is 4. The van der Waals surface area contributed by atoms with Crippen LogP contribution in [0.4, 0.5) is 8.78 Å². The molecule has 0 radical (unpaired) electrons. The van der Waals surface area contributed by atoms with Crippen molar-refractivity contribution in [2.45, 2.75) is 39.0 Å². The van der Waals surface area contributed by atoms with Gasteiger partial charge in [0.25, 0.3) is 0 Å². The van der Waals surface area contributed by atoms with Gasteiger partial charge in [0, 0.05) is 17.1 Å². The van der Waals surface area contributed by atoms with Gasteiger partial charge in [-0.2, -0.15) is 8.78 Å². The largest absolute Gasteiger partial charge is 0.433 e. The van der Waals surface area contributed by atoms with Gasteiger partial charge in [-0.1, -0.05) is 36.5 Å². The molecule has 118 valence electrons. The molecule has 0 spiro atoms. The van der Waals surface area contributed by atoms with E-state index in [0.717, 1.165) is 6.42 Å². The number of hydrogen-bond donors (Lipinski definition) is 2. The highest BCUT2D eigenvalue weighted by atomic mass is 35.5. The molecule has 21 heavy (non-hydrogen) atoms. The van der Waals surface area contributed by atoms with Gasteiger partial charge in [0.2, 0.25) is 5.91 Å². The average Bonchev–Trinajstić information content (AvgIpc) is 2.39. The molecular formula is C13H16Cl2F2N2O2. The van der Waals surface area contributed by atoms with Crippen LogP contribution >= 0.6 is 23.2 Å².